The minimum atomic E-state index is -0.130. The summed E-state index contributed by atoms with van der Waals surface area (Å²) in [7, 11) is 0. The number of carbonyl (C=O) groups is 1. The number of amides is 1. The Morgan fingerprint density at radius 3 is 2.88 bits per heavy atom. The molecule has 8 heteroatoms. The molecule has 1 aromatic carbocycles. The van der Waals surface area contributed by atoms with Crippen molar-refractivity contribution in [2.75, 3.05) is 5.75 Å². The standard InChI is InChI=1S/C24H23N3O2S3/c28-20(27-22(18-10-5-12-31-18)15-6-2-1-3-7-15)11-13-30-14-19-25-23(29)21-16-8-4-9-17(16)32-24(21)26-19/h1-3,5-7,10,12,22H,4,8-9,11,13-14H2,(H,27,28)(H,25,26,29). The molecule has 1 atom stereocenters. The number of nitrogens with zero attached hydrogens (tertiary/aromatic N) is 1. The summed E-state index contributed by atoms with van der Waals surface area (Å²) in [5, 5.41) is 5.99. The molecule has 2 N–H and O–H groups in total. The second-order valence-corrected chi connectivity index (χ2v) is 10.9. The Labute approximate surface area is 198 Å². The molecule has 0 fully saturated rings. The molecule has 0 saturated heterocycles. The number of hydrogen-bond acceptors (Lipinski definition) is 6. The van der Waals surface area contributed by atoms with Gasteiger partial charge in [-0.15, -0.1) is 22.7 Å². The van der Waals surface area contributed by atoms with Crippen molar-refractivity contribution in [1.82, 2.24) is 15.3 Å². The highest BCUT2D eigenvalue weighted by atomic mass is 32.2. The molecule has 1 aliphatic rings. The molecule has 0 saturated carbocycles. The van der Waals surface area contributed by atoms with Gasteiger partial charge in [0.25, 0.3) is 5.56 Å². The minimum Gasteiger partial charge on any atom is -0.344 e. The fourth-order valence-electron chi connectivity index (χ4n) is 4.10. The Hall–Kier alpha value is -2.42. The van der Waals surface area contributed by atoms with Crippen LogP contribution >= 0.6 is 34.4 Å². The first-order valence-corrected chi connectivity index (χ1v) is 13.5. The van der Waals surface area contributed by atoms with Crippen LogP contribution in [0.2, 0.25) is 0 Å². The number of rotatable bonds is 8. The smallest absolute Gasteiger partial charge is 0.259 e. The fraction of sp³-hybridized carbons (Fsp3) is 0.292. The van der Waals surface area contributed by atoms with Crippen LogP contribution in [0, 0.1) is 0 Å². The van der Waals surface area contributed by atoms with Crippen LogP contribution in [0.25, 0.3) is 10.2 Å². The van der Waals surface area contributed by atoms with Gasteiger partial charge in [-0.25, -0.2) is 4.98 Å². The molecule has 5 nitrogen and oxygen atoms in total. The SMILES string of the molecule is O=C(CCSCc1nc2sc3c(c2c(=O)[nH]1)CCC3)NC(c1ccccc1)c1cccs1. The van der Waals surface area contributed by atoms with Crippen LogP contribution in [-0.2, 0) is 23.4 Å². The maximum atomic E-state index is 12.7. The molecule has 0 aliphatic heterocycles. The average molecular weight is 482 g/mol. The molecule has 164 valence electrons. The molecule has 1 aliphatic carbocycles. The van der Waals surface area contributed by atoms with Crippen molar-refractivity contribution in [3.8, 4) is 0 Å². The van der Waals surface area contributed by atoms with Crippen LogP contribution in [0.1, 0.15) is 45.6 Å². The largest absolute Gasteiger partial charge is 0.344 e. The van der Waals surface area contributed by atoms with Crippen LogP contribution in [0.4, 0.5) is 0 Å². The first kappa shape index (κ1) is 21.4. The Balaban J connectivity index is 1.18. The molecule has 3 heterocycles. The topological polar surface area (TPSA) is 74.8 Å². The highest BCUT2D eigenvalue weighted by Crippen LogP contribution is 2.34. The zero-order valence-electron chi connectivity index (χ0n) is 17.4. The molecule has 1 amide bonds. The highest BCUT2D eigenvalue weighted by molar-refractivity contribution is 7.98. The molecule has 0 spiro atoms. The third kappa shape index (κ3) is 4.53. The summed E-state index contributed by atoms with van der Waals surface area (Å²) < 4.78 is 0. The third-order valence-corrected chi connectivity index (χ3v) is 8.70. The summed E-state index contributed by atoms with van der Waals surface area (Å²) in [6.45, 7) is 0. The number of H-pyrrole nitrogens is 1. The lowest BCUT2D eigenvalue weighted by molar-refractivity contribution is -0.121. The maximum Gasteiger partial charge on any atom is 0.259 e. The zero-order chi connectivity index (χ0) is 21.9. The molecule has 32 heavy (non-hydrogen) atoms. The van der Waals surface area contributed by atoms with E-state index in [9.17, 15) is 9.59 Å². The van der Waals surface area contributed by atoms with E-state index in [1.807, 2.05) is 41.8 Å². The number of fused-ring (bicyclic) bond motifs is 3. The lowest BCUT2D eigenvalue weighted by Gasteiger charge is -2.18. The van der Waals surface area contributed by atoms with E-state index >= 15 is 0 Å². The van der Waals surface area contributed by atoms with Crippen LogP contribution in [-0.4, -0.2) is 21.6 Å². The molecule has 3 aromatic heterocycles. The Morgan fingerprint density at radius 2 is 2.06 bits per heavy atom. The van der Waals surface area contributed by atoms with E-state index in [0.29, 0.717) is 23.8 Å². The number of thiophene rings is 2. The normalized spacial score (nSPS) is 13.9. The van der Waals surface area contributed by atoms with E-state index in [4.69, 9.17) is 0 Å². The summed E-state index contributed by atoms with van der Waals surface area (Å²) in [5.74, 6) is 1.97. The zero-order valence-corrected chi connectivity index (χ0v) is 19.9. The van der Waals surface area contributed by atoms with Gasteiger partial charge in [-0.3, -0.25) is 9.59 Å². The van der Waals surface area contributed by atoms with E-state index in [2.05, 4.69) is 21.4 Å². The van der Waals surface area contributed by atoms with Gasteiger partial charge in [-0.2, -0.15) is 11.8 Å². The van der Waals surface area contributed by atoms with E-state index in [-0.39, 0.29) is 17.5 Å². The second kappa shape index (κ2) is 9.60. The predicted octanol–water partition coefficient (Wildman–Crippen LogP) is 5.06. The molecule has 1 unspecified atom stereocenters. The third-order valence-electron chi connectivity index (χ3n) is 5.60. The van der Waals surface area contributed by atoms with E-state index in [0.717, 1.165) is 39.9 Å². The second-order valence-electron chi connectivity index (χ2n) is 7.78. The van der Waals surface area contributed by atoms with Crippen molar-refractivity contribution in [3.63, 3.8) is 0 Å². The van der Waals surface area contributed by atoms with Crippen molar-refractivity contribution in [2.45, 2.75) is 37.5 Å². The summed E-state index contributed by atoms with van der Waals surface area (Å²) >= 11 is 4.92. The Kier molecular flexibility index (Phi) is 6.43. The van der Waals surface area contributed by atoms with E-state index in [1.54, 1.807) is 34.4 Å². The first-order chi connectivity index (χ1) is 15.7. The number of thioether (sulfide) groups is 1. The molecule has 0 radical (unpaired) electrons. The van der Waals surface area contributed by atoms with Gasteiger partial charge >= 0.3 is 0 Å². The van der Waals surface area contributed by atoms with Crippen LogP contribution < -0.4 is 10.9 Å². The van der Waals surface area contributed by atoms with Gasteiger partial charge in [0.15, 0.2) is 0 Å². The molecular weight excluding hydrogens is 458 g/mol. The average Bonchev–Trinajstić information content (AvgIpc) is 3.53. The lowest BCUT2D eigenvalue weighted by Crippen LogP contribution is -2.29. The van der Waals surface area contributed by atoms with Crippen LogP contribution in [0.15, 0.2) is 52.6 Å². The lowest BCUT2D eigenvalue weighted by atomic mass is 10.1. The van der Waals surface area contributed by atoms with Gasteiger partial charge < -0.3 is 10.3 Å². The van der Waals surface area contributed by atoms with Crippen LogP contribution in [0.3, 0.4) is 0 Å². The number of carbonyl (C=O) groups excluding carboxylic acids is 1. The minimum absolute atomic E-state index is 0.0198. The van der Waals surface area contributed by atoms with E-state index < -0.39 is 0 Å². The van der Waals surface area contributed by atoms with Gasteiger partial charge in [-0.05, 0) is 41.8 Å². The highest BCUT2D eigenvalue weighted by Gasteiger charge is 2.21. The van der Waals surface area contributed by atoms with Crippen molar-refractivity contribution in [2.24, 2.45) is 0 Å². The predicted molar refractivity (Wildman–Crippen MR) is 134 cm³/mol. The van der Waals surface area contributed by atoms with Gasteiger partial charge in [-0.1, -0.05) is 36.4 Å². The Morgan fingerprint density at radius 1 is 1.19 bits per heavy atom. The maximum absolute atomic E-state index is 12.7. The number of nitrogens with one attached hydrogen (secondary N) is 2. The van der Waals surface area contributed by atoms with Crippen molar-refractivity contribution in [3.05, 3.63) is 84.9 Å². The molecular formula is C24H23N3O2S3. The number of benzene rings is 1. The Bertz CT molecular complexity index is 1280. The van der Waals surface area contributed by atoms with Crippen molar-refractivity contribution >= 4 is 50.6 Å². The van der Waals surface area contributed by atoms with Gasteiger partial charge in [0, 0.05) is 21.9 Å². The first-order valence-electron chi connectivity index (χ1n) is 10.7. The summed E-state index contributed by atoms with van der Waals surface area (Å²) in [5.41, 5.74) is 2.26. The van der Waals surface area contributed by atoms with Gasteiger partial charge in [0.2, 0.25) is 5.91 Å². The number of aromatic amines is 1. The molecule has 4 aromatic rings. The van der Waals surface area contributed by atoms with Crippen molar-refractivity contribution in [1.29, 1.82) is 0 Å². The monoisotopic (exact) mass is 481 g/mol. The molecule has 0 bridgehead atoms. The van der Waals surface area contributed by atoms with Gasteiger partial charge in [0.1, 0.15) is 10.7 Å². The number of hydrogen-bond donors (Lipinski definition) is 2. The molecule has 5 rings (SSSR count). The summed E-state index contributed by atoms with van der Waals surface area (Å²) in [6.07, 6.45) is 3.59. The van der Waals surface area contributed by atoms with Gasteiger partial charge in [0.05, 0.1) is 17.2 Å². The van der Waals surface area contributed by atoms with Crippen molar-refractivity contribution < 1.29 is 4.79 Å². The number of aromatic nitrogens is 2. The quantitative estimate of drug-likeness (QED) is 0.345. The van der Waals surface area contributed by atoms with E-state index in [1.165, 1.54) is 10.4 Å². The summed E-state index contributed by atoms with van der Waals surface area (Å²) in [6, 6.07) is 14.0. The summed E-state index contributed by atoms with van der Waals surface area (Å²) in [4.78, 5) is 36.1. The number of aryl methyl sites for hydroxylation is 2. The fourth-order valence-corrected chi connectivity index (χ4v) is 6.99. The van der Waals surface area contributed by atoms with Crippen LogP contribution in [0.5, 0.6) is 0 Å².